The molecule has 0 fully saturated rings. The SMILES string of the molecule is CCOC(=O)CCC(N)C(=O)c1c[nH]c2ccccc12. The lowest BCUT2D eigenvalue weighted by Crippen LogP contribution is -2.31. The highest BCUT2D eigenvalue weighted by atomic mass is 16.5. The molecule has 0 bridgehead atoms. The number of carbonyl (C=O) groups is 2. The number of nitrogens with one attached hydrogen (secondary N) is 1. The Morgan fingerprint density at radius 2 is 2.10 bits per heavy atom. The molecule has 2 rings (SSSR count). The van der Waals surface area contributed by atoms with E-state index in [4.69, 9.17) is 10.5 Å². The number of H-pyrrole nitrogens is 1. The molecule has 3 N–H and O–H groups in total. The molecule has 106 valence electrons. The Bertz CT molecular complexity index is 618. The molecule has 1 aromatic carbocycles. The maximum Gasteiger partial charge on any atom is 0.305 e. The van der Waals surface area contributed by atoms with Crippen molar-refractivity contribution in [1.29, 1.82) is 0 Å². The number of rotatable bonds is 6. The van der Waals surface area contributed by atoms with Crippen LogP contribution >= 0.6 is 0 Å². The standard InChI is InChI=1S/C15H18N2O3/c1-2-20-14(18)8-7-12(16)15(19)11-9-17-13-6-4-3-5-10(11)13/h3-6,9,12,17H,2,7-8,16H2,1H3. The number of hydrogen-bond acceptors (Lipinski definition) is 4. The third-order valence-electron chi connectivity index (χ3n) is 3.16. The van der Waals surface area contributed by atoms with Crippen molar-refractivity contribution in [1.82, 2.24) is 4.98 Å². The summed E-state index contributed by atoms with van der Waals surface area (Å²) >= 11 is 0. The largest absolute Gasteiger partial charge is 0.466 e. The lowest BCUT2D eigenvalue weighted by Gasteiger charge is -2.09. The molecule has 1 heterocycles. The number of fused-ring (bicyclic) bond motifs is 1. The summed E-state index contributed by atoms with van der Waals surface area (Å²) < 4.78 is 4.82. The van der Waals surface area contributed by atoms with Gasteiger partial charge in [-0.15, -0.1) is 0 Å². The van der Waals surface area contributed by atoms with Crippen LogP contribution in [0.2, 0.25) is 0 Å². The highest BCUT2D eigenvalue weighted by molar-refractivity contribution is 6.10. The molecular weight excluding hydrogens is 256 g/mol. The molecule has 1 atom stereocenters. The quantitative estimate of drug-likeness (QED) is 0.623. The molecule has 0 aliphatic carbocycles. The summed E-state index contributed by atoms with van der Waals surface area (Å²) in [5.41, 5.74) is 7.34. The second-order valence-corrected chi connectivity index (χ2v) is 4.56. The van der Waals surface area contributed by atoms with Crippen molar-refractivity contribution in [2.75, 3.05) is 6.61 Å². The topological polar surface area (TPSA) is 85.2 Å². The first-order chi connectivity index (χ1) is 9.63. The van der Waals surface area contributed by atoms with E-state index in [1.807, 2.05) is 24.3 Å². The first-order valence-corrected chi connectivity index (χ1v) is 6.65. The van der Waals surface area contributed by atoms with Crippen LogP contribution in [0, 0.1) is 0 Å². The number of aromatic nitrogens is 1. The number of aromatic amines is 1. The molecule has 1 aromatic heterocycles. The average Bonchev–Trinajstić information content (AvgIpc) is 2.88. The van der Waals surface area contributed by atoms with Gasteiger partial charge in [0.05, 0.1) is 12.6 Å². The minimum absolute atomic E-state index is 0.156. The highest BCUT2D eigenvalue weighted by Gasteiger charge is 2.20. The Morgan fingerprint density at radius 1 is 1.35 bits per heavy atom. The maximum atomic E-state index is 12.3. The molecule has 0 saturated carbocycles. The molecule has 0 radical (unpaired) electrons. The number of ketones is 1. The van der Waals surface area contributed by atoms with Gasteiger partial charge >= 0.3 is 5.97 Å². The predicted molar refractivity (Wildman–Crippen MR) is 76.5 cm³/mol. The molecule has 0 spiro atoms. The van der Waals surface area contributed by atoms with Gasteiger partial charge < -0.3 is 15.5 Å². The van der Waals surface area contributed by atoms with Gasteiger partial charge in [0.1, 0.15) is 0 Å². The molecule has 2 aromatic rings. The molecule has 0 aliphatic rings. The average molecular weight is 274 g/mol. The molecular formula is C15H18N2O3. The van der Waals surface area contributed by atoms with E-state index in [1.165, 1.54) is 0 Å². The minimum Gasteiger partial charge on any atom is -0.466 e. The van der Waals surface area contributed by atoms with E-state index in [9.17, 15) is 9.59 Å². The molecule has 20 heavy (non-hydrogen) atoms. The van der Waals surface area contributed by atoms with E-state index in [0.717, 1.165) is 10.9 Å². The van der Waals surface area contributed by atoms with Gasteiger partial charge in [-0.1, -0.05) is 18.2 Å². The van der Waals surface area contributed by atoms with Crippen molar-refractivity contribution in [2.45, 2.75) is 25.8 Å². The van der Waals surface area contributed by atoms with Gasteiger partial charge in [0.15, 0.2) is 5.78 Å². The Hall–Kier alpha value is -2.14. The summed E-state index contributed by atoms with van der Waals surface area (Å²) in [5, 5.41) is 0.851. The molecule has 5 nitrogen and oxygen atoms in total. The summed E-state index contributed by atoms with van der Waals surface area (Å²) in [6, 6.07) is 6.84. The van der Waals surface area contributed by atoms with Crippen molar-refractivity contribution in [3.63, 3.8) is 0 Å². The monoisotopic (exact) mass is 274 g/mol. The zero-order chi connectivity index (χ0) is 14.5. The van der Waals surface area contributed by atoms with Crippen molar-refractivity contribution < 1.29 is 14.3 Å². The van der Waals surface area contributed by atoms with Crippen LogP contribution in [-0.2, 0) is 9.53 Å². The van der Waals surface area contributed by atoms with Gasteiger partial charge in [0, 0.05) is 29.1 Å². The van der Waals surface area contributed by atoms with Crippen molar-refractivity contribution in [3.05, 3.63) is 36.0 Å². The number of para-hydroxylation sites is 1. The fourth-order valence-corrected chi connectivity index (χ4v) is 2.11. The molecule has 0 aliphatic heterocycles. The van der Waals surface area contributed by atoms with Crippen molar-refractivity contribution >= 4 is 22.7 Å². The van der Waals surface area contributed by atoms with Crippen LogP contribution in [0.25, 0.3) is 10.9 Å². The van der Waals surface area contributed by atoms with Gasteiger partial charge in [-0.3, -0.25) is 9.59 Å². The molecule has 5 heteroatoms. The zero-order valence-corrected chi connectivity index (χ0v) is 11.4. The summed E-state index contributed by atoms with van der Waals surface area (Å²) in [6.45, 7) is 2.08. The van der Waals surface area contributed by atoms with Crippen molar-refractivity contribution in [2.24, 2.45) is 5.73 Å². The van der Waals surface area contributed by atoms with Crippen molar-refractivity contribution in [3.8, 4) is 0 Å². The number of carbonyl (C=O) groups excluding carboxylic acids is 2. The fraction of sp³-hybridized carbons (Fsp3) is 0.333. The Labute approximate surface area is 117 Å². The number of hydrogen-bond donors (Lipinski definition) is 2. The van der Waals surface area contributed by atoms with E-state index in [1.54, 1.807) is 13.1 Å². The highest BCUT2D eigenvalue weighted by Crippen LogP contribution is 2.19. The number of nitrogens with two attached hydrogens (primary N) is 1. The van der Waals surface area contributed by atoms with E-state index >= 15 is 0 Å². The smallest absolute Gasteiger partial charge is 0.305 e. The lowest BCUT2D eigenvalue weighted by molar-refractivity contribution is -0.143. The number of Topliss-reactive ketones (excluding diaryl/α,β-unsaturated/α-hetero) is 1. The van der Waals surface area contributed by atoms with Gasteiger partial charge in [0.25, 0.3) is 0 Å². The summed E-state index contributed by atoms with van der Waals surface area (Å²) in [5.74, 6) is -0.485. The summed E-state index contributed by atoms with van der Waals surface area (Å²) in [7, 11) is 0. The summed E-state index contributed by atoms with van der Waals surface area (Å²) in [6.07, 6.45) is 2.11. The zero-order valence-electron chi connectivity index (χ0n) is 11.4. The Morgan fingerprint density at radius 3 is 2.85 bits per heavy atom. The minimum atomic E-state index is -0.696. The Balaban J connectivity index is 2.05. The number of ether oxygens (including phenoxy) is 1. The second kappa shape index (κ2) is 6.34. The Kier molecular flexibility index (Phi) is 4.53. The predicted octanol–water partition coefficient (Wildman–Crippen LogP) is 2.02. The van der Waals surface area contributed by atoms with Gasteiger partial charge in [0.2, 0.25) is 0 Å². The van der Waals surface area contributed by atoms with Crippen LogP contribution in [0.3, 0.4) is 0 Å². The van der Waals surface area contributed by atoms with E-state index in [2.05, 4.69) is 4.98 Å². The van der Waals surface area contributed by atoms with Crippen LogP contribution in [0.4, 0.5) is 0 Å². The maximum absolute atomic E-state index is 12.3. The van der Waals surface area contributed by atoms with Crippen LogP contribution < -0.4 is 5.73 Å². The van der Waals surface area contributed by atoms with Crippen LogP contribution in [0.15, 0.2) is 30.5 Å². The van der Waals surface area contributed by atoms with Gasteiger partial charge in [-0.25, -0.2) is 0 Å². The van der Waals surface area contributed by atoms with Crippen LogP contribution in [-0.4, -0.2) is 29.4 Å². The normalized spacial score (nSPS) is 12.3. The first-order valence-electron chi connectivity index (χ1n) is 6.65. The van der Waals surface area contributed by atoms with E-state index < -0.39 is 6.04 Å². The molecule has 1 unspecified atom stereocenters. The van der Waals surface area contributed by atoms with Gasteiger partial charge in [-0.05, 0) is 19.4 Å². The molecule has 0 saturated heterocycles. The second-order valence-electron chi connectivity index (χ2n) is 4.56. The first kappa shape index (κ1) is 14.3. The molecule has 0 amide bonds. The lowest BCUT2D eigenvalue weighted by atomic mass is 10.0. The number of benzene rings is 1. The number of esters is 1. The third kappa shape index (κ3) is 3.05. The van der Waals surface area contributed by atoms with Gasteiger partial charge in [-0.2, -0.15) is 0 Å². The summed E-state index contributed by atoms with van der Waals surface area (Å²) in [4.78, 5) is 26.6. The van der Waals surface area contributed by atoms with Crippen LogP contribution in [0.1, 0.15) is 30.1 Å². The van der Waals surface area contributed by atoms with E-state index in [0.29, 0.717) is 12.2 Å². The van der Waals surface area contributed by atoms with E-state index in [-0.39, 0.29) is 24.6 Å². The third-order valence-corrected chi connectivity index (χ3v) is 3.16. The van der Waals surface area contributed by atoms with Crippen LogP contribution in [0.5, 0.6) is 0 Å². The fourth-order valence-electron chi connectivity index (χ4n) is 2.11.